The molecule has 0 saturated carbocycles. The van der Waals surface area contributed by atoms with Crippen LogP contribution in [0.15, 0.2) is 57.9 Å². The molecule has 2 nitrogen and oxygen atoms in total. The van der Waals surface area contributed by atoms with Crippen molar-refractivity contribution >= 4 is 32.4 Å². The summed E-state index contributed by atoms with van der Waals surface area (Å²) in [6.45, 7) is 0. The highest BCUT2D eigenvalue weighted by Crippen LogP contribution is 2.22. The molecule has 1 unspecified atom stereocenters. The number of benzene rings is 2. The molecular weight excluding hydrogens is 298 g/mol. The molecule has 2 rings (SSSR count). The number of para-hydroxylation sites is 1. The summed E-state index contributed by atoms with van der Waals surface area (Å²) in [5, 5.41) is 0. The summed E-state index contributed by atoms with van der Waals surface area (Å²) >= 11 is 3.45. The van der Waals surface area contributed by atoms with Gasteiger partial charge in [-0.2, -0.15) is 0 Å². The monoisotopic (exact) mass is 309 g/mol. The van der Waals surface area contributed by atoms with Gasteiger partial charge >= 0.3 is 0 Å². The highest BCUT2D eigenvalue weighted by atomic mass is 79.9. The maximum Gasteiger partial charge on any atom is 0.0620 e. The van der Waals surface area contributed by atoms with Crippen LogP contribution in [0.5, 0.6) is 0 Å². The quantitative estimate of drug-likeness (QED) is 0.884. The zero-order chi connectivity index (χ0) is 12.3. The fraction of sp³-hybridized carbons (Fsp3) is 0.0769. The van der Waals surface area contributed by atoms with E-state index in [1.165, 1.54) is 0 Å². The second kappa shape index (κ2) is 5.47. The normalized spacial score (nSPS) is 12.3. The van der Waals surface area contributed by atoms with Gasteiger partial charge in [-0.1, -0.05) is 46.3 Å². The minimum absolute atomic E-state index is 0.468. The van der Waals surface area contributed by atoms with Gasteiger partial charge in [0, 0.05) is 10.2 Å². The number of rotatable bonds is 3. The van der Waals surface area contributed by atoms with E-state index in [1.807, 2.05) is 42.5 Å². The first kappa shape index (κ1) is 12.3. The van der Waals surface area contributed by atoms with Crippen LogP contribution in [0.1, 0.15) is 5.56 Å². The van der Waals surface area contributed by atoms with E-state index in [2.05, 4.69) is 15.9 Å². The van der Waals surface area contributed by atoms with Crippen LogP contribution in [0.3, 0.4) is 0 Å². The predicted octanol–water partition coefficient (Wildman–Crippen LogP) is 3.34. The first-order valence-electron chi connectivity index (χ1n) is 5.15. The molecule has 0 spiro atoms. The van der Waals surface area contributed by atoms with Gasteiger partial charge in [-0.25, -0.2) is 0 Å². The van der Waals surface area contributed by atoms with Crippen LogP contribution in [0.25, 0.3) is 0 Å². The van der Waals surface area contributed by atoms with E-state index in [4.69, 9.17) is 5.73 Å². The minimum Gasteiger partial charge on any atom is -0.398 e. The van der Waals surface area contributed by atoms with E-state index in [-0.39, 0.29) is 0 Å². The second-order valence-electron chi connectivity index (χ2n) is 3.62. The summed E-state index contributed by atoms with van der Waals surface area (Å²) in [5.41, 5.74) is 7.41. The van der Waals surface area contributed by atoms with Crippen molar-refractivity contribution < 1.29 is 4.21 Å². The molecule has 0 saturated heterocycles. The van der Waals surface area contributed by atoms with Gasteiger partial charge in [-0.3, -0.25) is 4.21 Å². The summed E-state index contributed by atoms with van der Waals surface area (Å²) in [6, 6.07) is 15.1. The standard InChI is InChI=1S/C13H12BrNOS/c14-11-6-2-1-5-10(11)9-17(16)13-8-4-3-7-12(13)15/h1-8H,9,15H2. The van der Waals surface area contributed by atoms with E-state index in [0.717, 1.165) is 10.0 Å². The number of hydrogen-bond acceptors (Lipinski definition) is 2. The van der Waals surface area contributed by atoms with Crippen LogP contribution in [0.2, 0.25) is 0 Å². The zero-order valence-electron chi connectivity index (χ0n) is 9.10. The Bertz CT molecular complexity index is 557. The molecule has 88 valence electrons. The van der Waals surface area contributed by atoms with Gasteiger partial charge in [0.1, 0.15) is 0 Å². The van der Waals surface area contributed by atoms with Crippen LogP contribution in [0.4, 0.5) is 5.69 Å². The third-order valence-electron chi connectivity index (χ3n) is 2.41. The molecule has 4 heteroatoms. The van der Waals surface area contributed by atoms with Crippen molar-refractivity contribution in [2.45, 2.75) is 10.6 Å². The Morgan fingerprint density at radius 2 is 1.71 bits per heavy atom. The van der Waals surface area contributed by atoms with Crippen LogP contribution < -0.4 is 5.73 Å². The zero-order valence-corrected chi connectivity index (χ0v) is 11.5. The predicted molar refractivity (Wildman–Crippen MR) is 75.1 cm³/mol. The number of nitrogen functional groups attached to an aromatic ring is 1. The molecule has 0 aromatic heterocycles. The molecule has 1 atom stereocenters. The molecule has 2 aromatic rings. The molecule has 0 aliphatic rings. The highest BCUT2D eigenvalue weighted by molar-refractivity contribution is 9.10. The summed E-state index contributed by atoms with van der Waals surface area (Å²) < 4.78 is 13.2. The Kier molecular flexibility index (Phi) is 3.97. The minimum atomic E-state index is -1.11. The Morgan fingerprint density at radius 3 is 2.41 bits per heavy atom. The van der Waals surface area contributed by atoms with Crippen molar-refractivity contribution in [3.05, 3.63) is 58.6 Å². The molecule has 0 radical (unpaired) electrons. The van der Waals surface area contributed by atoms with Crippen molar-refractivity contribution in [1.82, 2.24) is 0 Å². The van der Waals surface area contributed by atoms with Gasteiger partial charge in [0.2, 0.25) is 0 Å². The lowest BCUT2D eigenvalue weighted by atomic mass is 10.2. The molecular formula is C13H12BrNOS. The van der Waals surface area contributed by atoms with Crippen molar-refractivity contribution in [3.8, 4) is 0 Å². The Labute approximate surface area is 111 Å². The average Bonchev–Trinajstić information content (AvgIpc) is 2.32. The number of halogens is 1. The number of anilines is 1. The maximum atomic E-state index is 12.2. The SMILES string of the molecule is Nc1ccccc1S(=O)Cc1ccccc1Br. The van der Waals surface area contributed by atoms with Gasteiger partial charge < -0.3 is 5.73 Å². The molecule has 0 aliphatic carbocycles. The maximum absolute atomic E-state index is 12.2. The first-order valence-corrected chi connectivity index (χ1v) is 7.26. The molecule has 0 amide bonds. The molecule has 0 bridgehead atoms. The van der Waals surface area contributed by atoms with Gasteiger partial charge in [-0.05, 0) is 23.8 Å². The summed E-state index contributed by atoms with van der Waals surface area (Å²) in [6.07, 6.45) is 0. The van der Waals surface area contributed by atoms with Crippen molar-refractivity contribution in [3.63, 3.8) is 0 Å². The van der Waals surface area contributed by atoms with Crippen LogP contribution in [-0.4, -0.2) is 4.21 Å². The van der Waals surface area contributed by atoms with Crippen molar-refractivity contribution in [2.24, 2.45) is 0 Å². The van der Waals surface area contributed by atoms with E-state index < -0.39 is 10.8 Å². The Morgan fingerprint density at radius 1 is 1.06 bits per heavy atom. The van der Waals surface area contributed by atoms with Crippen LogP contribution in [-0.2, 0) is 16.6 Å². The van der Waals surface area contributed by atoms with Crippen LogP contribution >= 0.6 is 15.9 Å². The average molecular weight is 310 g/mol. The first-order chi connectivity index (χ1) is 8.18. The fourth-order valence-electron chi connectivity index (χ4n) is 1.52. The molecule has 0 aliphatic heterocycles. The third kappa shape index (κ3) is 2.96. The van der Waals surface area contributed by atoms with Gasteiger partial charge in [-0.15, -0.1) is 0 Å². The lowest BCUT2D eigenvalue weighted by molar-refractivity contribution is 0.683. The van der Waals surface area contributed by atoms with Gasteiger partial charge in [0.15, 0.2) is 0 Å². The highest BCUT2D eigenvalue weighted by Gasteiger charge is 2.09. The smallest absolute Gasteiger partial charge is 0.0620 e. The Hall–Kier alpha value is -1.13. The van der Waals surface area contributed by atoms with Crippen molar-refractivity contribution in [1.29, 1.82) is 0 Å². The topological polar surface area (TPSA) is 43.1 Å². The fourth-order valence-corrected chi connectivity index (χ4v) is 3.38. The van der Waals surface area contributed by atoms with Gasteiger partial charge in [0.05, 0.1) is 21.4 Å². The number of hydrogen-bond donors (Lipinski definition) is 1. The molecule has 2 aromatic carbocycles. The summed E-state index contributed by atoms with van der Waals surface area (Å²) in [5.74, 6) is 0.468. The molecule has 0 fully saturated rings. The van der Waals surface area contributed by atoms with E-state index in [1.54, 1.807) is 6.07 Å². The Balaban J connectivity index is 2.24. The van der Waals surface area contributed by atoms with E-state index >= 15 is 0 Å². The molecule has 2 N–H and O–H groups in total. The van der Waals surface area contributed by atoms with Crippen LogP contribution in [0, 0.1) is 0 Å². The van der Waals surface area contributed by atoms with E-state index in [0.29, 0.717) is 16.3 Å². The van der Waals surface area contributed by atoms with Gasteiger partial charge in [0.25, 0.3) is 0 Å². The third-order valence-corrected chi connectivity index (χ3v) is 4.62. The summed E-state index contributed by atoms with van der Waals surface area (Å²) in [4.78, 5) is 0.697. The lowest BCUT2D eigenvalue weighted by Gasteiger charge is -2.06. The number of nitrogens with two attached hydrogens (primary N) is 1. The largest absolute Gasteiger partial charge is 0.398 e. The van der Waals surface area contributed by atoms with Crippen molar-refractivity contribution in [2.75, 3.05) is 5.73 Å². The van der Waals surface area contributed by atoms with E-state index in [9.17, 15) is 4.21 Å². The second-order valence-corrected chi connectivity index (χ2v) is 5.89. The summed E-state index contributed by atoms with van der Waals surface area (Å²) in [7, 11) is -1.11. The molecule has 0 heterocycles. The lowest BCUT2D eigenvalue weighted by Crippen LogP contribution is -2.01. The molecule has 17 heavy (non-hydrogen) atoms.